The van der Waals surface area contributed by atoms with Gasteiger partial charge >= 0.3 is 0 Å². The van der Waals surface area contributed by atoms with Crippen LogP contribution in [0, 0.1) is 0 Å². The van der Waals surface area contributed by atoms with Gasteiger partial charge in [0.2, 0.25) is 0 Å². The van der Waals surface area contributed by atoms with Crippen LogP contribution in [0.2, 0.25) is 0 Å². The fourth-order valence-corrected chi connectivity index (χ4v) is 3.39. The van der Waals surface area contributed by atoms with Crippen LogP contribution in [0.1, 0.15) is 6.42 Å². The third kappa shape index (κ3) is 1.93. The van der Waals surface area contributed by atoms with Crippen molar-refractivity contribution in [3.05, 3.63) is 24.3 Å². The SMILES string of the molecule is CS(=O)(=O)c1ccc(N2C[C@H]3C[C@@H]2CN3)cc1. The highest BCUT2D eigenvalue weighted by molar-refractivity contribution is 7.90. The molecule has 0 aliphatic carbocycles. The van der Waals surface area contributed by atoms with Crippen LogP contribution in [0.15, 0.2) is 29.2 Å². The van der Waals surface area contributed by atoms with Gasteiger partial charge in [0.25, 0.3) is 0 Å². The van der Waals surface area contributed by atoms with E-state index in [2.05, 4.69) is 10.2 Å². The Balaban J connectivity index is 1.86. The third-order valence-electron chi connectivity index (χ3n) is 3.65. The number of sulfone groups is 1. The van der Waals surface area contributed by atoms with E-state index < -0.39 is 9.84 Å². The fraction of sp³-hybridized carbons (Fsp3) is 0.500. The second-order valence-electron chi connectivity index (χ2n) is 4.91. The number of fused-ring (bicyclic) bond motifs is 2. The van der Waals surface area contributed by atoms with Crippen LogP contribution in [-0.4, -0.2) is 39.8 Å². The Morgan fingerprint density at radius 3 is 2.47 bits per heavy atom. The molecule has 17 heavy (non-hydrogen) atoms. The van der Waals surface area contributed by atoms with Gasteiger partial charge in [0.05, 0.1) is 4.90 Å². The first kappa shape index (κ1) is 11.0. The topological polar surface area (TPSA) is 49.4 Å². The monoisotopic (exact) mass is 252 g/mol. The van der Waals surface area contributed by atoms with Crippen molar-refractivity contribution >= 4 is 15.5 Å². The van der Waals surface area contributed by atoms with E-state index in [1.54, 1.807) is 12.1 Å². The Labute approximate surface area is 102 Å². The van der Waals surface area contributed by atoms with Crippen molar-refractivity contribution < 1.29 is 8.42 Å². The summed E-state index contributed by atoms with van der Waals surface area (Å²) in [4.78, 5) is 2.76. The van der Waals surface area contributed by atoms with Gasteiger partial charge in [-0.1, -0.05) is 0 Å². The molecule has 5 heteroatoms. The highest BCUT2D eigenvalue weighted by atomic mass is 32.2. The largest absolute Gasteiger partial charge is 0.366 e. The van der Waals surface area contributed by atoms with Gasteiger partial charge < -0.3 is 10.2 Å². The van der Waals surface area contributed by atoms with Gasteiger partial charge in [0.1, 0.15) is 0 Å². The van der Waals surface area contributed by atoms with Crippen LogP contribution in [0.5, 0.6) is 0 Å². The average molecular weight is 252 g/mol. The Kier molecular flexibility index (Phi) is 2.41. The van der Waals surface area contributed by atoms with Crippen molar-refractivity contribution in [3.8, 4) is 0 Å². The number of nitrogens with one attached hydrogen (secondary N) is 1. The quantitative estimate of drug-likeness (QED) is 0.839. The molecule has 2 heterocycles. The smallest absolute Gasteiger partial charge is 0.175 e. The lowest BCUT2D eigenvalue weighted by Gasteiger charge is -2.29. The zero-order valence-corrected chi connectivity index (χ0v) is 10.6. The molecule has 0 amide bonds. The van der Waals surface area contributed by atoms with Crippen molar-refractivity contribution in [2.24, 2.45) is 0 Å². The lowest BCUT2D eigenvalue weighted by atomic mass is 10.2. The van der Waals surface area contributed by atoms with Crippen LogP contribution >= 0.6 is 0 Å². The third-order valence-corrected chi connectivity index (χ3v) is 4.78. The minimum atomic E-state index is -3.08. The van der Waals surface area contributed by atoms with E-state index in [4.69, 9.17) is 0 Å². The van der Waals surface area contributed by atoms with Crippen LogP contribution < -0.4 is 10.2 Å². The maximum absolute atomic E-state index is 11.4. The number of hydrogen-bond donors (Lipinski definition) is 1. The molecular formula is C12H16N2O2S. The van der Waals surface area contributed by atoms with Crippen LogP contribution in [0.25, 0.3) is 0 Å². The molecule has 0 radical (unpaired) electrons. The van der Waals surface area contributed by atoms with Gasteiger partial charge in [-0.3, -0.25) is 0 Å². The number of hydrogen-bond acceptors (Lipinski definition) is 4. The molecule has 0 unspecified atom stereocenters. The molecule has 2 aliphatic heterocycles. The first-order valence-electron chi connectivity index (χ1n) is 5.84. The minimum Gasteiger partial charge on any atom is -0.366 e. The Morgan fingerprint density at radius 1 is 1.29 bits per heavy atom. The van der Waals surface area contributed by atoms with Crippen molar-refractivity contribution in [2.45, 2.75) is 23.4 Å². The van der Waals surface area contributed by atoms with Crippen molar-refractivity contribution in [2.75, 3.05) is 24.2 Å². The molecule has 2 aliphatic rings. The van der Waals surface area contributed by atoms with Crippen LogP contribution in [-0.2, 0) is 9.84 Å². The highest BCUT2D eigenvalue weighted by Crippen LogP contribution is 2.29. The van der Waals surface area contributed by atoms with Gasteiger partial charge in [-0.2, -0.15) is 0 Å². The summed E-state index contributed by atoms with van der Waals surface area (Å²) in [5.74, 6) is 0. The second-order valence-corrected chi connectivity index (χ2v) is 6.93. The van der Waals surface area contributed by atoms with Crippen molar-refractivity contribution in [1.29, 1.82) is 0 Å². The molecule has 1 aromatic rings. The molecule has 1 N–H and O–H groups in total. The molecule has 1 aromatic carbocycles. The molecule has 2 saturated heterocycles. The predicted molar refractivity (Wildman–Crippen MR) is 67.1 cm³/mol. The predicted octanol–water partition coefficient (Wildman–Crippen LogP) is 0.641. The lowest BCUT2D eigenvalue weighted by Crippen LogP contribution is -2.43. The highest BCUT2D eigenvalue weighted by Gasteiger charge is 2.37. The average Bonchev–Trinajstić information content (AvgIpc) is 2.89. The minimum absolute atomic E-state index is 0.392. The van der Waals surface area contributed by atoms with Crippen LogP contribution in [0.4, 0.5) is 5.69 Å². The maximum Gasteiger partial charge on any atom is 0.175 e. The van der Waals surface area contributed by atoms with E-state index in [9.17, 15) is 8.42 Å². The van der Waals surface area contributed by atoms with E-state index in [1.165, 1.54) is 12.7 Å². The number of nitrogens with zero attached hydrogens (tertiary/aromatic N) is 1. The molecule has 3 rings (SSSR count). The van der Waals surface area contributed by atoms with Crippen LogP contribution in [0.3, 0.4) is 0 Å². The summed E-state index contributed by atoms with van der Waals surface area (Å²) >= 11 is 0. The molecule has 92 valence electrons. The molecule has 0 spiro atoms. The summed E-state index contributed by atoms with van der Waals surface area (Å²) in [6.45, 7) is 2.07. The maximum atomic E-state index is 11.4. The molecule has 4 nitrogen and oxygen atoms in total. The summed E-state index contributed by atoms with van der Waals surface area (Å²) in [5.41, 5.74) is 1.13. The van der Waals surface area contributed by atoms with Gasteiger partial charge in [0.15, 0.2) is 9.84 Å². The number of piperazine rings is 1. The van der Waals surface area contributed by atoms with Gasteiger partial charge in [-0.15, -0.1) is 0 Å². The lowest BCUT2D eigenvalue weighted by molar-refractivity contribution is 0.580. The Bertz CT molecular complexity index is 524. The summed E-state index contributed by atoms with van der Waals surface area (Å²) in [6.07, 6.45) is 2.44. The molecule has 0 saturated carbocycles. The molecule has 2 atom stereocenters. The summed E-state index contributed by atoms with van der Waals surface area (Å²) in [7, 11) is -3.08. The first-order chi connectivity index (χ1) is 8.04. The molecule has 0 aromatic heterocycles. The number of rotatable bonds is 2. The van der Waals surface area contributed by atoms with Gasteiger partial charge in [-0.25, -0.2) is 8.42 Å². The van der Waals surface area contributed by atoms with Crippen molar-refractivity contribution in [3.63, 3.8) is 0 Å². The molecule has 2 bridgehead atoms. The van der Waals surface area contributed by atoms with E-state index in [0.717, 1.165) is 18.8 Å². The van der Waals surface area contributed by atoms with Crippen molar-refractivity contribution in [1.82, 2.24) is 5.32 Å². The standard InChI is InChI=1S/C12H16N2O2S/c1-17(15,16)12-4-2-10(3-5-12)14-8-9-6-11(14)7-13-9/h2-5,9,11,13H,6-8H2,1H3/t9-,11-/m1/s1. The summed E-state index contributed by atoms with van der Waals surface area (Å²) < 4.78 is 22.7. The second kappa shape index (κ2) is 3.71. The first-order valence-corrected chi connectivity index (χ1v) is 7.73. The number of benzene rings is 1. The van der Waals surface area contributed by atoms with E-state index in [1.807, 2.05) is 12.1 Å². The number of anilines is 1. The Hall–Kier alpha value is -1.07. The fourth-order valence-electron chi connectivity index (χ4n) is 2.76. The van der Waals surface area contributed by atoms with Gasteiger partial charge in [-0.05, 0) is 30.7 Å². The van der Waals surface area contributed by atoms with E-state index in [-0.39, 0.29) is 0 Å². The van der Waals surface area contributed by atoms with E-state index >= 15 is 0 Å². The summed E-state index contributed by atoms with van der Waals surface area (Å²) in [6, 6.07) is 8.40. The van der Waals surface area contributed by atoms with E-state index in [0.29, 0.717) is 17.0 Å². The normalized spacial score (nSPS) is 27.7. The zero-order chi connectivity index (χ0) is 12.0. The zero-order valence-electron chi connectivity index (χ0n) is 9.76. The van der Waals surface area contributed by atoms with Gasteiger partial charge in [0, 0.05) is 37.1 Å². The Morgan fingerprint density at radius 2 is 2.00 bits per heavy atom. The summed E-state index contributed by atoms with van der Waals surface area (Å²) in [5, 5.41) is 3.45. The molecular weight excluding hydrogens is 236 g/mol. The molecule has 2 fully saturated rings.